The Morgan fingerprint density at radius 2 is 0.695 bits per heavy atom. The Hall–Kier alpha value is -5.80. The van der Waals surface area contributed by atoms with Crippen molar-refractivity contribution in [2.45, 2.75) is 71.3 Å². The van der Waals surface area contributed by atoms with E-state index < -0.39 is 30.1 Å². The minimum Gasteiger partial charge on any atom is -0.378 e. The number of carbonyl (C=O) groups is 3. The van der Waals surface area contributed by atoms with Crippen molar-refractivity contribution in [2.75, 3.05) is 220 Å². The van der Waals surface area contributed by atoms with E-state index in [0.717, 1.165) is 50.1 Å². The zero-order valence-electron chi connectivity index (χ0n) is 67.7. The average molecular weight is 1820 g/mol. The quantitative estimate of drug-likeness (QED) is 0.0194. The molecule has 28 nitrogen and oxygen atoms in total. The molecule has 37 heteroatoms. The van der Waals surface area contributed by atoms with Crippen LogP contribution in [0.2, 0.25) is 30.1 Å². The largest absolute Gasteiger partial charge is 0.378 e. The molecule has 3 heterocycles. The monoisotopic (exact) mass is 1810 g/mol. The van der Waals surface area contributed by atoms with E-state index in [1.165, 1.54) is 14.7 Å². The van der Waals surface area contributed by atoms with E-state index in [0.29, 0.717) is 148 Å². The van der Waals surface area contributed by atoms with Crippen LogP contribution in [0.1, 0.15) is 87.1 Å². The Kier molecular flexibility index (Phi) is 38.8. The number of urea groups is 3. The number of benzene rings is 6. The summed E-state index contributed by atoms with van der Waals surface area (Å²) in [4.78, 5) is 53.0. The van der Waals surface area contributed by atoms with Crippen molar-refractivity contribution in [3.8, 4) is 0 Å². The van der Waals surface area contributed by atoms with Crippen LogP contribution in [0.3, 0.4) is 0 Å². The Bertz CT molecular complexity index is 4460. The first-order valence-electron chi connectivity index (χ1n) is 39.4. The molecule has 0 aliphatic carbocycles. The molecule has 0 aromatic heterocycles. The number of hydrogen-bond donors (Lipinski definition) is 6. The highest BCUT2D eigenvalue weighted by atomic mass is 35.5. The first-order chi connectivity index (χ1) is 56.5. The molecule has 6 aromatic carbocycles. The van der Waals surface area contributed by atoms with E-state index >= 15 is 0 Å². The summed E-state index contributed by atoms with van der Waals surface area (Å²) in [5.74, 6) is -0.393. The summed E-state index contributed by atoms with van der Waals surface area (Å²) in [7, 11) is -0.559. The second-order valence-electron chi connectivity index (χ2n) is 29.6. The van der Waals surface area contributed by atoms with Gasteiger partial charge >= 0.3 is 18.1 Å². The number of halogens is 6. The lowest BCUT2D eigenvalue weighted by molar-refractivity contribution is 0.0452. The first kappa shape index (κ1) is 96.0. The number of likely N-dealkylation sites (N-methyl/N-ethyl adjacent to an activating group) is 6. The predicted molar refractivity (Wildman–Crippen MR) is 462 cm³/mol. The molecule has 3 aliphatic heterocycles. The number of fused-ring (bicyclic) bond motifs is 3. The van der Waals surface area contributed by atoms with E-state index in [-0.39, 0.29) is 149 Å². The molecule has 0 unspecified atom stereocenters. The zero-order chi connectivity index (χ0) is 84.9. The Labute approximate surface area is 725 Å². The van der Waals surface area contributed by atoms with Crippen LogP contribution in [-0.4, -0.2) is 297 Å². The Morgan fingerprint density at radius 3 is 1.06 bits per heavy atom. The van der Waals surface area contributed by atoms with E-state index in [2.05, 4.69) is 49.7 Å². The summed E-state index contributed by atoms with van der Waals surface area (Å²) in [6.07, 6.45) is 1.84. The van der Waals surface area contributed by atoms with Crippen molar-refractivity contribution in [3.63, 3.8) is 0 Å². The standard InChI is InChI=1S/C81H111Cl6N13O15S3/c1-94-52-61-43-62(82)51-77(87)78(61)72(55-94)60-15-9-18-67(46-60)118(108,109)93-24-33-112-39-42-115-36-30-99(6)81(103)90-21-12-27-100(25-10-19-88-79(101)97(4)28-34-113-40-37-110-31-22-91-116(104,105)65-16-7-13-58(44-65)70-53-95(2)56-73-68(70)47-63(83)49-75(73)85)26-11-20-89-80(102)98(5)29-35-114-41-38-111-32-23-92-117(106,107)66-17-8-14-59(45-66)71-54-96(3)57-74-69(71)48-64(84)50-76(74)86/h7-9,13-18,43-51,70-72,91-93H,10-12,19-42,52-57H2,1-6H3,(H,88,101)(H,89,102)(H,90,103)/t70-,71-,72-/m0/s1. The molecule has 118 heavy (non-hydrogen) atoms. The highest BCUT2D eigenvalue weighted by molar-refractivity contribution is 7.90. The molecule has 0 spiro atoms. The molecule has 0 radical (unpaired) electrons. The number of nitrogens with zero attached hydrogens (tertiary/aromatic N) is 7. The summed E-state index contributed by atoms with van der Waals surface area (Å²) in [5, 5.41) is 12.2. The van der Waals surface area contributed by atoms with Crippen molar-refractivity contribution < 1.29 is 68.1 Å². The summed E-state index contributed by atoms with van der Waals surface area (Å²) >= 11 is 38.9. The zero-order valence-corrected chi connectivity index (χ0v) is 74.7. The van der Waals surface area contributed by atoms with Crippen LogP contribution in [0, 0.1) is 0 Å². The summed E-state index contributed by atoms with van der Waals surface area (Å²) in [6, 6.07) is 30.7. The molecule has 0 fully saturated rings. The van der Waals surface area contributed by atoms with Gasteiger partial charge in [-0.2, -0.15) is 0 Å². The maximum absolute atomic E-state index is 13.4. The number of sulfonamides is 3. The van der Waals surface area contributed by atoms with Gasteiger partial charge in [0.25, 0.3) is 0 Å². The SMILES string of the molecule is CN1Cc2c(Cl)cc(Cl)cc2[C@H](c2cccc(S(=O)(=O)NCCOCCOCCN(C)C(=O)NCCCN(CCCNC(=O)N(C)CCOCCOCCNS(=O)(=O)c3cccc([C@@H]4CN(C)Cc5c(Cl)cc(Cl)cc54)c3)CCCNC(=O)N(C)CCOCCOCCNS(=O)(=O)c3cccc([C@@H]4CN(C)Cc5cc(Cl)cc(Cl)c54)c3)c2)C1. The number of amides is 6. The van der Waals surface area contributed by atoms with Crippen molar-refractivity contribution in [1.82, 2.24) is 64.4 Å². The lowest BCUT2D eigenvalue weighted by Crippen LogP contribution is -2.42. The third-order valence-electron chi connectivity index (χ3n) is 20.4. The van der Waals surface area contributed by atoms with Crippen LogP contribution in [0.4, 0.5) is 14.4 Å². The summed E-state index contributed by atoms with van der Waals surface area (Å²) in [6.45, 7) is 10.5. The van der Waals surface area contributed by atoms with E-state index in [9.17, 15) is 39.6 Å². The van der Waals surface area contributed by atoms with Crippen LogP contribution < -0.4 is 30.1 Å². The van der Waals surface area contributed by atoms with Gasteiger partial charge < -0.3 is 78.7 Å². The van der Waals surface area contributed by atoms with Crippen LogP contribution in [0.15, 0.2) is 124 Å². The minimum absolute atomic E-state index is 0.0464. The molecule has 6 aromatic rings. The number of carbonyl (C=O) groups excluding carboxylic acids is 3. The van der Waals surface area contributed by atoms with Gasteiger partial charge in [-0.3, -0.25) is 0 Å². The Balaban J connectivity index is 0.635. The molecule has 3 atom stereocenters. The van der Waals surface area contributed by atoms with Crippen molar-refractivity contribution in [1.29, 1.82) is 0 Å². The molecule has 6 amide bonds. The van der Waals surface area contributed by atoms with Gasteiger partial charge in [0.2, 0.25) is 30.1 Å². The fourth-order valence-corrected chi connectivity index (χ4v) is 19.3. The van der Waals surface area contributed by atoms with Crippen LogP contribution in [-0.2, 0) is 78.1 Å². The summed E-state index contributed by atoms with van der Waals surface area (Å²) in [5.41, 5.74) is 8.35. The number of nitrogens with one attached hydrogen (secondary N) is 6. The van der Waals surface area contributed by atoms with Gasteiger partial charge in [-0.25, -0.2) is 53.8 Å². The lowest BCUT2D eigenvalue weighted by Gasteiger charge is -2.33. The normalized spacial score (nSPS) is 16.0. The molecule has 6 N–H and O–H groups in total. The fourth-order valence-electron chi connectivity index (χ4n) is 14.2. The van der Waals surface area contributed by atoms with Crippen molar-refractivity contribution >= 4 is 118 Å². The smallest absolute Gasteiger partial charge is 0.317 e. The van der Waals surface area contributed by atoms with Crippen LogP contribution in [0.5, 0.6) is 0 Å². The number of rotatable bonds is 48. The van der Waals surface area contributed by atoms with Gasteiger partial charge in [0.1, 0.15) is 0 Å². The van der Waals surface area contributed by atoms with E-state index in [1.807, 2.05) is 57.5 Å². The number of hydrogen-bond acceptors (Lipinski definition) is 19. The predicted octanol–water partition coefficient (Wildman–Crippen LogP) is 10.1. The van der Waals surface area contributed by atoms with Gasteiger partial charge in [-0.05, 0) is 183 Å². The van der Waals surface area contributed by atoms with E-state index in [4.69, 9.17) is 98.0 Å². The van der Waals surface area contributed by atoms with Gasteiger partial charge in [0, 0.05) is 167 Å². The van der Waals surface area contributed by atoms with Gasteiger partial charge in [0.15, 0.2) is 0 Å². The molecular weight excluding hydrogens is 1700 g/mol. The maximum Gasteiger partial charge on any atom is 0.317 e. The first-order valence-corrected chi connectivity index (χ1v) is 46.1. The molecule has 0 saturated heterocycles. The molecule has 650 valence electrons. The number of ether oxygens (including phenoxy) is 6. The van der Waals surface area contributed by atoms with Crippen molar-refractivity contribution in [3.05, 3.63) is 189 Å². The van der Waals surface area contributed by atoms with Gasteiger partial charge in [0.05, 0.1) is 94.0 Å². The fraction of sp³-hybridized carbons (Fsp3) is 0.519. The van der Waals surface area contributed by atoms with Gasteiger partial charge in [-0.1, -0.05) is 106 Å². The second kappa shape index (κ2) is 47.7. The highest BCUT2D eigenvalue weighted by Crippen LogP contribution is 2.43. The highest BCUT2D eigenvalue weighted by Gasteiger charge is 2.33. The Morgan fingerprint density at radius 1 is 0.381 bits per heavy atom. The van der Waals surface area contributed by atoms with Crippen LogP contribution >= 0.6 is 69.6 Å². The molecule has 3 aliphatic rings. The minimum atomic E-state index is -3.86. The molecular formula is C81H111Cl6N13O15S3. The summed E-state index contributed by atoms with van der Waals surface area (Å²) < 4.78 is 122. The van der Waals surface area contributed by atoms with Crippen molar-refractivity contribution in [2.24, 2.45) is 0 Å². The third-order valence-corrected chi connectivity index (χ3v) is 26.4. The molecule has 0 saturated carbocycles. The maximum atomic E-state index is 13.4. The third kappa shape index (κ3) is 29.7. The lowest BCUT2D eigenvalue weighted by atomic mass is 9.85. The van der Waals surface area contributed by atoms with Gasteiger partial charge in [-0.15, -0.1) is 0 Å². The van der Waals surface area contributed by atoms with Crippen LogP contribution in [0.25, 0.3) is 0 Å². The topological polar surface area (TPSA) is 304 Å². The van der Waals surface area contributed by atoms with E-state index in [1.54, 1.807) is 93.9 Å². The molecule has 9 rings (SSSR count). The second-order valence-corrected chi connectivity index (χ2v) is 37.4. The average Bonchev–Trinajstić information content (AvgIpc) is 0.779. The molecule has 0 bridgehead atoms.